The molecule has 0 atom stereocenters. The number of aryl methyl sites for hydroxylation is 2. The van der Waals surface area contributed by atoms with Gasteiger partial charge in [0, 0.05) is 1.43 Å². The fraction of sp³-hybridized carbons (Fsp3) is 0.379. The zero-order chi connectivity index (χ0) is 21.6. The summed E-state index contributed by atoms with van der Waals surface area (Å²) in [5, 5.41) is 0. The minimum Gasteiger partial charge on any atom is -0.0995 e. The van der Waals surface area contributed by atoms with E-state index < -0.39 is 0 Å². The molecule has 0 aromatic heterocycles. The van der Waals surface area contributed by atoms with Crippen LogP contribution in [-0.4, -0.2) is 0 Å². The van der Waals surface area contributed by atoms with Crippen molar-refractivity contribution >= 4 is 5.57 Å². The second kappa shape index (κ2) is 13.8. The maximum absolute atomic E-state index is 4.34. The fourth-order valence-corrected chi connectivity index (χ4v) is 3.66. The summed E-state index contributed by atoms with van der Waals surface area (Å²) in [6, 6.07) is 19.5. The van der Waals surface area contributed by atoms with Gasteiger partial charge in [-0.2, -0.15) is 0 Å². The van der Waals surface area contributed by atoms with Crippen molar-refractivity contribution in [3.05, 3.63) is 101 Å². The van der Waals surface area contributed by atoms with E-state index in [1.54, 1.807) is 5.57 Å². The summed E-state index contributed by atoms with van der Waals surface area (Å²) in [6.45, 7) is 16.8. The number of hydrogen-bond donors (Lipinski definition) is 0. The lowest BCUT2D eigenvalue weighted by Crippen LogP contribution is -1.93. The predicted octanol–water partition coefficient (Wildman–Crippen LogP) is 9.23. The van der Waals surface area contributed by atoms with Crippen molar-refractivity contribution in [2.75, 3.05) is 0 Å². The first-order valence-electron chi connectivity index (χ1n) is 11.4. The number of allylic oxidation sites excluding steroid dienone is 5. The summed E-state index contributed by atoms with van der Waals surface area (Å²) >= 11 is 0. The van der Waals surface area contributed by atoms with Gasteiger partial charge in [0.05, 0.1) is 0 Å². The Kier molecular flexibility index (Phi) is 11.7. The minimum absolute atomic E-state index is 0. The van der Waals surface area contributed by atoms with Gasteiger partial charge in [0.2, 0.25) is 0 Å². The summed E-state index contributed by atoms with van der Waals surface area (Å²) in [4.78, 5) is 0. The fourth-order valence-electron chi connectivity index (χ4n) is 3.66. The van der Waals surface area contributed by atoms with Crippen molar-refractivity contribution in [3.8, 4) is 0 Å². The molecule has 0 N–H and O–H groups in total. The first kappa shape index (κ1) is 24.7. The topological polar surface area (TPSA) is 0 Å². The van der Waals surface area contributed by atoms with Gasteiger partial charge in [-0.15, -0.1) is 0 Å². The van der Waals surface area contributed by atoms with Crippen molar-refractivity contribution in [1.82, 2.24) is 0 Å². The van der Waals surface area contributed by atoms with Gasteiger partial charge in [-0.05, 0) is 61.3 Å². The highest BCUT2D eigenvalue weighted by molar-refractivity contribution is 5.76. The Morgan fingerprint density at radius 1 is 0.931 bits per heavy atom. The Hall–Kier alpha value is -2.34. The first-order chi connectivity index (χ1) is 14.2. The smallest absolute Gasteiger partial charge is 0 e. The Bertz CT molecular complexity index is 809. The lowest BCUT2D eigenvalue weighted by molar-refractivity contribution is 0.888. The zero-order valence-electron chi connectivity index (χ0n) is 19.5. The molecule has 0 saturated carbocycles. The Balaban J connectivity index is 0.00000159. The van der Waals surface area contributed by atoms with Crippen LogP contribution in [-0.2, 0) is 12.8 Å². The van der Waals surface area contributed by atoms with E-state index in [9.17, 15) is 0 Å². The van der Waals surface area contributed by atoms with E-state index in [1.165, 1.54) is 33.4 Å². The van der Waals surface area contributed by atoms with Crippen LogP contribution in [0, 0.1) is 0 Å². The van der Waals surface area contributed by atoms with Gasteiger partial charge in [-0.25, -0.2) is 0 Å². The van der Waals surface area contributed by atoms with Crippen LogP contribution >= 0.6 is 0 Å². The molecule has 158 valence electrons. The van der Waals surface area contributed by atoms with Crippen molar-refractivity contribution in [3.63, 3.8) is 0 Å². The van der Waals surface area contributed by atoms with E-state index >= 15 is 0 Å². The highest BCUT2D eigenvalue weighted by Gasteiger charge is 2.17. The normalized spacial score (nSPS) is 12.4. The second-order valence-electron chi connectivity index (χ2n) is 7.06. The molecule has 0 amide bonds. The van der Waals surface area contributed by atoms with Crippen LogP contribution in [0.4, 0.5) is 0 Å². The van der Waals surface area contributed by atoms with Crippen LogP contribution in [0.1, 0.15) is 78.9 Å². The van der Waals surface area contributed by atoms with Gasteiger partial charge >= 0.3 is 0 Å². The van der Waals surface area contributed by atoms with Crippen LogP contribution < -0.4 is 0 Å². The molecular weight excluding hydrogens is 348 g/mol. The predicted molar refractivity (Wildman–Crippen MR) is 134 cm³/mol. The highest BCUT2D eigenvalue weighted by Crippen LogP contribution is 2.37. The maximum Gasteiger partial charge on any atom is 0 e. The van der Waals surface area contributed by atoms with E-state index in [4.69, 9.17) is 0 Å². The summed E-state index contributed by atoms with van der Waals surface area (Å²) in [5.74, 6) is 0. The Morgan fingerprint density at radius 3 is 2.21 bits per heavy atom. The third kappa shape index (κ3) is 7.54. The van der Waals surface area contributed by atoms with Gasteiger partial charge in [0.1, 0.15) is 0 Å². The average molecular weight is 391 g/mol. The lowest BCUT2D eigenvalue weighted by atomic mass is 9.93. The van der Waals surface area contributed by atoms with Crippen molar-refractivity contribution < 1.29 is 1.43 Å². The standard InChI is InChI=1S/C25H28.2C2H6.H2/c1-4-22-12-8-9-13-25(22)24-17-20(3)23(18-24)16-19(2)14-15-21-10-6-5-7-11-21;2*1-2;/h5-13,17H,2,4,14-16,18H2,1,3H3;2*1-2H3;1H. The van der Waals surface area contributed by atoms with Gasteiger partial charge < -0.3 is 0 Å². The molecule has 1 aliphatic rings. The van der Waals surface area contributed by atoms with Crippen LogP contribution in [0.25, 0.3) is 5.57 Å². The van der Waals surface area contributed by atoms with Crippen molar-refractivity contribution in [2.45, 2.75) is 73.6 Å². The molecule has 0 heteroatoms. The van der Waals surface area contributed by atoms with E-state index in [1.807, 2.05) is 27.7 Å². The van der Waals surface area contributed by atoms with Crippen LogP contribution in [0.5, 0.6) is 0 Å². The molecule has 0 spiro atoms. The van der Waals surface area contributed by atoms with Crippen molar-refractivity contribution in [1.29, 1.82) is 0 Å². The molecule has 0 saturated heterocycles. The van der Waals surface area contributed by atoms with Crippen LogP contribution in [0.2, 0.25) is 0 Å². The van der Waals surface area contributed by atoms with Crippen LogP contribution in [0.3, 0.4) is 0 Å². The minimum atomic E-state index is 0. The SMILES string of the molecule is C=C(CCc1ccccc1)CC1=C(C)C=C(c2ccccc2CC)C1.CC.CC.[HH]. The molecule has 1 aliphatic carbocycles. The quantitative estimate of drug-likeness (QED) is 0.413. The molecule has 3 rings (SSSR count). The number of benzene rings is 2. The van der Waals surface area contributed by atoms with Gasteiger partial charge in [0.15, 0.2) is 0 Å². The van der Waals surface area contributed by atoms with Gasteiger partial charge in [-0.3, -0.25) is 0 Å². The van der Waals surface area contributed by atoms with E-state index in [0.717, 1.165) is 32.1 Å². The van der Waals surface area contributed by atoms with E-state index in [-0.39, 0.29) is 1.43 Å². The molecule has 2 aromatic carbocycles. The molecule has 29 heavy (non-hydrogen) atoms. The molecule has 2 aromatic rings. The largest absolute Gasteiger partial charge is 0.0995 e. The molecule has 0 fully saturated rings. The number of rotatable bonds is 7. The highest BCUT2D eigenvalue weighted by atomic mass is 14.2. The molecule has 0 heterocycles. The number of hydrogen-bond acceptors (Lipinski definition) is 0. The lowest BCUT2D eigenvalue weighted by Gasteiger charge is -2.12. The van der Waals surface area contributed by atoms with E-state index in [0.29, 0.717) is 0 Å². The Morgan fingerprint density at radius 2 is 1.55 bits per heavy atom. The third-order valence-electron chi connectivity index (χ3n) is 5.17. The summed E-state index contributed by atoms with van der Waals surface area (Å²) in [5.41, 5.74) is 10.1. The zero-order valence-corrected chi connectivity index (χ0v) is 19.5. The average Bonchev–Trinajstić information content (AvgIpc) is 3.15. The monoisotopic (exact) mass is 390 g/mol. The summed E-state index contributed by atoms with van der Waals surface area (Å²) < 4.78 is 0. The molecule has 0 nitrogen and oxygen atoms in total. The first-order valence-corrected chi connectivity index (χ1v) is 11.4. The molecule has 0 unspecified atom stereocenters. The van der Waals surface area contributed by atoms with E-state index in [2.05, 4.69) is 81.1 Å². The van der Waals surface area contributed by atoms with Gasteiger partial charge in [0.25, 0.3) is 0 Å². The van der Waals surface area contributed by atoms with Crippen LogP contribution in [0.15, 0.2) is 84.0 Å². The molecule has 0 aliphatic heterocycles. The maximum atomic E-state index is 4.34. The second-order valence-corrected chi connectivity index (χ2v) is 7.06. The molecular formula is C29H42. The van der Waals surface area contributed by atoms with Crippen molar-refractivity contribution in [2.24, 2.45) is 0 Å². The molecule has 0 radical (unpaired) electrons. The Labute approximate surface area is 181 Å². The summed E-state index contributed by atoms with van der Waals surface area (Å²) in [6.07, 6.45) is 7.74. The molecule has 0 bridgehead atoms. The third-order valence-corrected chi connectivity index (χ3v) is 5.17. The summed E-state index contributed by atoms with van der Waals surface area (Å²) in [7, 11) is 0. The van der Waals surface area contributed by atoms with Gasteiger partial charge in [-0.1, -0.05) is 119 Å².